The zero-order valence-corrected chi connectivity index (χ0v) is 10.5. The van der Waals surface area contributed by atoms with Gasteiger partial charge < -0.3 is 14.9 Å². The van der Waals surface area contributed by atoms with Crippen molar-refractivity contribution in [2.45, 2.75) is 0 Å². The molecule has 0 saturated heterocycles. The molecule has 0 radical (unpaired) electrons. The third kappa shape index (κ3) is 6.15. The summed E-state index contributed by atoms with van der Waals surface area (Å²) in [5, 5.41) is 16.6. The number of nitrogens with zero attached hydrogens (tertiary/aromatic N) is 1. The molecule has 0 saturated carbocycles. The van der Waals surface area contributed by atoms with E-state index in [1.165, 1.54) is 12.3 Å². The number of hydrogen-bond acceptors (Lipinski definition) is 4. The Hall–Kier alpha value is -2.89. The Balaban J connectivity index is 0.000000204. The largest absolute Gasteiger partial charge is 0.482 e. The third-order valence-electron chi connectivity index (χ3n) is 1.99. The first-order valence-electron chi connectivity index (χ1n) is 5.63. The van der Waals surface area contributed by atoms with E-state index in [1.807, 2.05) is 6.07 Å². The van der Waals surface area contributed by atoms with E-state index in [0.29, 0.717) is 5.75 Å². The van der Waals surface area contributed by atoms with Crippen LogP contribution in [0.25, 0.3) is 0 Å². The average Bonchev–Trinajstić information content (AvgIpc) is 2.48. The zero-order valence-electron chi connectivity index (χ0n) is 10.5. The smallest absolute Gasteiger partial charge is 0.354 e. The third-order valence-corrected chi connectivity index (χ3v) is 1.99. The molecule has 2 N–H and O–H groups in total. The van der Waals surface area contributed by atoms with E-state index >= 15 is 0 Å². The normalized spacial score (nSPS) is 9.00. The number of hydrogen-bond donors (Lipinski definition) is 2. The summed E-state index contributed by atoms with van der Waals surface area (Å²) in [6.45, 7) is -0.288. The molecule has 0 aliphatic carbocycles. The Labute approximate surface area is 115 Å². The Bertz CT molecular complexity index is 542. The van der Waals surface area contributed by atoms with Gasteiger partial charge >= 0.3 is 11.9 Å². The topological polar surface area (TPSA) is 96.7 Å². The predicted octanol–water partition coefficient (Wildman–Crippen LogP) is 1.93. The number of aromatic carboxylic acids is 1. The molecular weight excluding hydrogens is 262 g/mol. The van der Waals surface area contributed by atoms with Crippen molar-refractivity contribution in [1.82, 2.24) is 4.98 Å². The van der Waals surface area contributed by atoms with Gasteiger partial charge in [-0.2, -0.15) is 0 Å². The lowest BCUT2D eigenvalue weighted by molar-refractivity contribution is -0.139. The van der Waals surface area contributed by atoms with E-state index in [9.17, 15) is 9.59 Å². The van der Waals surface area contributed by atoms with Crippen molar-refractivity contribution in [3.63, 3.8) is 0 Å². The summed E-state index contributed by atoms with van der Waals surface area (Å²) >= 11 is 0. The summed E-state index contributed by atoms with van der Waals surface area (Å²) in [5.74, 6) is -1.38. The molecule has 0 bridgehead atoms. The molecule has 0 unspecified atom stereocenters. The Kier molecular flexibility index (Phi) is 6.26. The van der Waals surface area contributed by atoms with Crippen LogP contribution in [0.1, 0.15) is 10.5 Å². The van der Waals surface area contributed by atoms with Crippen LogP contribution >= 0.6 is 0 Å². The van der Waals surface area contributed by atoms with Crippen LogP contribution in [0.2, 0.25) is 0 Å². The van der Waals surface area contributed by atoms with Crippen molar-refractivity contribution in [2.24, 2.45) is 0 Å². The highest BCUT2D eigenvalue weighted by atomic mass is 16.5. The molecule has 1 aromatic carbocycles. The molecule has 0 fully saturated rings. The zero-order chi connectivity index (χ0) is 14.8. The number of pyridine rings is 1. The van der Waals surface area contributed by atoms with Gasteiger partial charge in [0.15, 0.2) is 6.61 Å². The van der Waals surface area contributed by atoms with Gasteiger partial charge in [-0.3, -0.25) is 0 Å². The van der Waals surface area contributed by atoms with E-state index in [2.05, 4.69) is 4.98 Å². The van der Waals surface area contributed by atoms with E-state index < -0.39 is 11.9 Å². The van der Waals surface area contributed by atoms with E-state index in [1.54, 1.807) is 36.4 Å². The summed E-state index contributed by atoms with van der Waals surface area (Å²) in [6, 6.07) is 13.6. The van der Waals surface area contributed by atoms with Crippen molar-refractivity contribution in [1.29, 1.82) is 0 Å². The first kappa shape index (κ1) is 15.2. The number of carbonyl (C=O) groups is 2. The van der Waals surface area contributed by atoms with Crippen LogP contribution in [0, 0.1) is 0 Å². The summed E-state index contributed by atoms with van der Waals surface area (Å²) in [4.78, 5) is 23.8. The minimum Gasteiger partial charge on any atom is -0.482 e. The summed E-state index contributed by atoms with van der Waals surface area (Å²) in [5.41, 5.74) is 0.0810. The second-order valence-corrected chi connectivity index (χ2v) is 3.52. The van der Waals surface area contributed by atoms with Gasteiger partial charge in [0, 0.05) is 6.20 Å². The molecule has 2 aromatic rings. The minimum absolute atomic E-state index is 0.0810. The van der Waals surface area contributed by atoms with Crippen LogP contribution < -0.4 is 4.74 Å². The van der Waals surface area contributed by atoms with Crippen LogP contribution in [0.5, 0.6) is 5.75 Å². The first-order valence-corrected chi connectivity index (χ1v) is 5.63. The maximum atomic E-state index is 10.1. The van der Waals surface area contributed by atoms with Gasteiger partial charge in [0.05, 0.1) is 0 Å². The second-order valence-electron chi connectivity index (χ2n) is 3.52. The molecule has 0 spiro atoms. The molecule has 0 atom stereocenters. The van der Waals surface area contributed by atoms with Crippen molar-refractivity contribution in [3.8, 4) is 5.75 Å². The van der Waals surface area contributed by atoms with Crippen LogP contribution in [0.3, 0.4) is 0 Å². The number of rotatable bonds is 4. The van der Waals surface area contributed by atoms with Crippen LogP contribution in [0.15, 0.2) is 54.7 Å². The van der Waals surface area contributed by atoms with Gasteiger partial charge in [-0.25, -0.2) is 14.6 Å². The molecule has 20 heavy (non-hydrogen) atoms. The number of aliphatic carboxylic acids is 1. The fraction of sp³-hybridized carbons (Fsp3) is 0.0714. The minimum atomic E-state index is -0.990. The van der Waals surface area contributed by atoms with E-state index in [4.69, 9.17) is 14.9 Å². The lowest BCUT2D eigenvalue weighted by Gasteiger charge is -2.00. The van der Waals surface area contributed by atoms with Gasteiger partial charge in [0.1, 0.15) is 11.4 Å². The molecule has 1 aromatic heterocycles. The Morgan fingerprint density at radius 2 is 1.65 bits per heavy atom. The highest BCUT2D eigenvalue weighted by molar-refractivity contribution is 5.85. The van der Waals surface area contributed by atoms with Crippen molar-refractivity contribution in [2.75, 3.05) is 6.61 Å². The van der Waals surface area contributed by atoms with Gasteiger partial charge in [-0.15, -0.1) is 0 Å². The maximum Gasteiger partial charge on any atom is 0.354 e. The fourth-order valence-electron chi connectivity index (χ4n) is 1.15. The maximum absolute atomic E-state index is 10.1. The molecule has 0 aliphatic rings. The number of aromatic nitrogens is 1. The Morgan fingerprint density at radius 1 is 1.00 bits per heavy atom. The highest BCUT2D eigenvalue weighted by Crippen LogP contribution is 2.07. The molecule has 6 heteroatoms. The SMILES string of the molecule is O=C(O)COc1ccccc1.O=C(O)c1ccccn1. The van der Waals surface area contributed by atoms with E-state index in [-0.39, 0.29) is 12.3 Å². The molecule has 2 rings (SSSR count). The average molecular weight is 275 g/mol. The van der Waals surface area contributed by atoms with Crippen molar-refractivity contribution in [3.05, 3.63) is 60.4 Å². The molecule has 1 heterocycles. The lowest BCUT2D eigenvalue weighted by atomic mass is 10.3. The highest BCUT2D eigenvalue weighted by Gasteiger charge is 1.99. The van der Waals surface area contributed by atoms with E-state index in [0.717, 1.165) is 0 Å². The molecule has 0 aliphatic heterocycles. The summed E-state index contributed by atoms with van der Waals surface area (Å²) < 4.78 is 4.87. The van der Waals surface area contributed by atoms with Crippen LogP contribution in [0.4, 0.5) is 0 Å². The molecule has 104 valence electrons. The monoisotopic (exact) mass is 275 g/mol. The predicted molar refractivity (Wildman–Crippen MR) is 70.8 cm³/mol. The van der Waals surface area contributed by atoms with Crippen LogP contribution in [-0.4, -0.2) is 33.7 Å². The quantitative estimate of drug-likeness (QED) is 0.885. The Morgan fingerprint density at radius 3 is 2.10 bits per heavy atom. The number of ether oxygens (including phenoxy) is 1. The lowest BCUT2D eigenvalue weighted by Crippen LogP contribution is -2.09. The van der Waals surface area contributed by atoms with Crippen molar-refractivity contribution >= 4 is 11.9 Å². The van der Waals surface area contributed by atoms with Crippen LogP contribution in [-0.2, 0) is 4.79 Å². The molecule has 0 amide bonds. The summed E-state index contributed by atoms with van der Waals surface area (Å²) in [7, 11) is 0. The van der Waals surface area contributed by atoms with Gasteiger partial charge in [-0.1, -0.05) is 24.3 Å². The van der Waals surface area contributed by atoms with Crippen molar-refractivity contribution < 1.29 is 24.5 Å². The second kappa shape index (κ2) is 8.25. The number of carboxylic acid groups (broad SMARTS) is 2. The number of para-hydroxylation sites is 1. The summed E-state index contributed by atoms with van der Waals surface area (Å²) in [6.07, 6.45) is 1.45. The molecular formula is C14H13NO5. The van der Waals surface area contributed by atoms with Gasteiger partial charge in [0.2, 0.25) is 0 Å². The molecule has 6 nitrogen and oxygen atoms in total. The number of benzene rings is 1. The van der Waals surface area contributed by atoms with Gasteiger partial charge in [-0.05, 0) is 24.3 Å². The number of carboxylic acids is 2. The fourth-order valence-corrected chi connectivity index (χ4v) is 1.15. The first-order chi connectivity index (χ1) is 9.59. The van der Waals surface area contributed by atoms with Gasteiger partial charge in [0.25, 0.3) is 0 Å². The standard InChI is InChI=1S/C8H8O3.C6H5NO2/c9-8(10)6-11-7-4-2-1-3-5-7;8-6(9)5-3-1-2-4-7-5/h1-5H,6H2,(H,9,10);1-4H,(H,8,9).